The molecule has 1 atom stereocenters. The molecule has 108 valence electrons. The normalized spacial score (nSPS) is 11.8. The first kappa shape index (κ1) is 17.8. The maximum Gasteiger partial charge on any atom is 0.220 e. The number of hydrogen-bond acceptors (Lipinski definition) is 2. The second-order valence-electron chi connectivity index (χ2n) is 5.27. The largest absolute Gasteiger partial charge is 0.399 e. The van der Waals surface area contributed by atoms with E-state index in [0.29, 0.717) is 24.8 Å². The van der Waals surface area contributed by atoms with Crippen LogP contribution in [0.4, 0.5) is 5.69 Å². The van der Waals surface area contributed by atoms with E-state index in [4.69, 9.17) is 5.73 Å². The van der Waals surface area contributed by atoms with Crippen LogP contribution in [0, 0.1) is 11.8 Å². The topological polar surface area (TPSA) is 55.1 Å². The predicted octanol–water partition coefficient (Wildman–Crippen LogP) is 3.03. The van der Waals surface area contributed by atoms with Crippen molar-refractivity contribution in [3.05, 3.63) is 29.8 Å². The summed E-state index contributed by atoms with van der Waals surface area (Å²) in [6.07, 6.45) is 1.46. The summed E-state index contributed by atoms with van der Waals surface area (Å²) in [4.78, 5) is 11.7. The van der Waals surface area contributed by atoms with Crippen molar-refractivity contribution in [1.82, 2.24) is 5.32 Å². The van der Waals surface area contributed by atoms with Gasteiger partial charge in [0.15, 0.2) is 0 Å². The van der Waals surface area contributed by atoms with Crippen LogP contribution in [-0.2, 0) is 11.2 Å². The maximum atomic E-state index is 11.7. The highest BCUT2D eigenvalue weighted by Gasteiger charge is 2.11. The summed E-state index contributed by atoms with van der Waals surface area (Å²) in [5.41, 5.74) is 7.58. The van der Waals surface area contributed by atoms with E-state index in [1.54, 1.807) is 0 Å². The summed E-state index contributed by atoms with van der Waals surface area (Å²) in [5, 5.41) is 2.96. The van der Waals surface area contributed by atoms with Gasteiger partial charge in [-0.15, -0.1) is 12.4 Å². The molecule has 0 aliphatic rings. The lowest BCUT2D eigenvalue weighted by atomic mass is 9.94. The summed E-state index contributed by atoms with van der Waals surface area (Å²) in [6.45, 7) is 7.09. The van der Waals surface area contributed by atoms with Crippen LogP contribution in [0.5, 0.6) is 0 Å². The van der Waals surface area contributed by atoms with Gasteiger partial charge in [0.25, 0.3) is 0 Å². The number of anilines is 1. The average Bonchev–Trinajstić information content (AvgIpc) is 2.31. The first-order valence-corrected chi connectivity index (χ1v) is 6.60. The lowest BCUT2D eigenvalue weighted by molar-refractivity contribution is -0.122. The fraction of sp³-hybridized carbons (Fsp3) is 0.533. The fourth-order valence-corrected chi connectivity index (χ4v) is 1.63. The van der Waals surface area contributed by atoms with Crippen molar-refractivity contribution in [2.24, 2.45) is 11.8 Å². The minimum absolute atomic E-state index is 0. The molecule has 0 spiro atoms. The highest BCUT2D eigenvalue weighted by Crippen LogP contribution is 2.13. The van der Waals surface area contributed by atoms with Crippen molar-refractivity contribution in [3.8, 4) is 0 Å². The Labute approximate surface area is 122 Å². The zero-order valence-corrected chi connectivity index (χ0v) is 12.8. The molecule has 0 bridgehead atoms. The molecule has 4 heteroatoms. The van der Waals surface area contributed by atoms with Crippen molar-refractivity contribution in [2.45, 2.75) is 33.6 Å². The van der Waals surface area contributed by atoms with E-state index < -0.39 is 0 Å². The Bertz CT molecular complexity index is 376. The number of carbonyl (C=O) groups is 1. The monoisotopic (exact) mass is 284 g/mol. The summed E-state index contributed by atoms with van der Waals surface area (Å²) < 4.78 is 0. The van der Waals surface area contributed by atoms with Gasteiger partial charge in [-0.25, -0.2) is 0 Å². The van der Waals surface area contributed by atoms with Crippen molar-refractivity contribution in [2.75, 3.05) is 12.3 Å². The van der Waals surface area contributed by atoms with Crippen molar-refractivity contribution >= 4 is 24.0 Å². The van der Waals surface area contributed by atoms with Gasteiger partial charge in [-0.05, 0) is 36.0 Å². The third-order valence-corrected chi connectivity index (χ3v) is 3.36. The Balaban J connectivity index is 0.00000324. The molecule has 1 aromatic carbocycles. The van der Waals surface area contributed by atoms with Crippen molar-refractivity contribution in [1.29, 1.82) is 0 Å². The summed E-state index contributed by atoms with van der Waals surface area (Å²) >= 11 is 0. The number of nitrogens with one attached hydrogen (secondary N) is 1. The molecule has 1 aromatic rings. The zero-order chi connectivity index (χ0) is 13.5. The van der Waals surface area contributed by atoms with Gasteiger partial charge in [-0.2, -0.15) is 0 Å². The maximum absolute atomic E-state index is 11.7. The smallest absolute Gasteiger partial charge is 0.220 e. The quantitative estimate of drug-likeness (QED) is 0.789. The van der Waals surface area contributed by atoms with Gasteiger partial charge in [0.2, 0.25) is 5.91 Å². The molecule has 0 fully saturated rings. The molecule has 1 unspecified atom stereocenters. The fourth-order valence-electron chi connectivity index (χ4n) is 1.63. The van der Waals surface area contributed by atoms with E-state index in [2.05, 4.69) is 26.1 Å². The zero-order valence-electron chi connectivity index (χ0n) is 12.0. The first-order valence-electron chi connectivity index (χ1n) is 6.60. The van der Waals surface area contributed by atoms with Gasteiger partial charge in [0.1, 0.15) is 0 Å². The summed E-state index contributed by atoms with van der Waals surface area (Å²) in [7, 11) is 0. The molecule has 3 N–H and O–H groups in total. The summed E-state index contributed by atoms with van der Waals surface area (Å²) in [6, 6.07) is 7.77. The molecule has 19 heavy (non-hydrogen) atoms. The highest BCUT2D eigenvalue weighted by atomic mass is 35.5. The molecule has 1 rings (SSSR count). The lowest BCUT2D eigenvalue weighted by Gasteiger charge is -2.14. The third kappa shape index (κ3) is 7.06. The standard InChI is InChI=1S/C15H24N2O.ClH/c1-11(2)12(3)10-15(18)17-9-8-13-4-6-14(16)7-5-13;/h4-7,11-12H,8-10,16H2,1-3H3,(H,17,18);1H. The Kier molecular flexibility index (Phi) is 8.24. The average molecular weight is 285 g/mol. The molecule has 0 radical (unpaired) electrons. The Hall–Kier alpha value is -1.22. The van der Waals surface area contributed by atoms with Crippen molar-refractivity contribution in [3.63, 3.8) is 0 Å². The van der Waals surface area contributed by atoms with E-state index in [9.17, 15) is 4.79 Å². The SMILES string of the molecule is CC(C)C(C)CC(=O)NCCc1ccc(N)cc1.Cl. The van der Waals surface area contributed by atoms with Crippen LogP contribution < -0.4 is 11.1 Å². The first-order chi connectivity index (χ1) is 8.49. The number of halogens is 1. The number of nitrogen functional groups attached to an aromatic ring is 1. The molecule has 0 aromatic heterocycles. The van der Waals surface area contributed by atoms with E-state index in [1.165, 1.54) is 5.56 Å². The minimum atomic E-state index is 0. The molecule has 1 amide bonds. The molecule has 0 saturated carbocycles. The highest BCUT2D eigenvalue weighted by molar-refractivity contribution is 5.85. The van der Waals surface area contributed by atoms with Gasteiger partial charge < -0.3 is 11.1 Å². The van der Waals surface area contributed by atoms with Gasteiger partial charge >= 0.3 is 0 Å². The lowest BCUT2D eigenvalue weighted by Crippen LogP contribution is -2.28. The van der Waals surface area contributed by atoms with Crippen LogP contribution in [0.15, 0.2) is 24.3 Å². The number of carbonyl (C=O) groups excluding carboxylic acids is 1. The van der Waals surface area contributed by atoms with Crippen LogP contribution >= 0.6 is 12.4 Å². The van der Waals surface area contributed by atoms with Crippen LogP contribution in [0.3, 0.4) is 0 Å². The number of amides is 1. The van der Waals surface area contributed by atoms with E-state index >= 15 is 0 Å². The van der Waals surface area contributed by atoms with Crippen LogP contribution in [-0.4, -0.2) is 12.5 Å². The molecule has 0 heterocycles. The van der Waals surface area contributed by atoms with E-state index in [0.717, 1.165) is 12.1 Å². The number of benzene rings is 1. The second-order valence-corrected chi connectivity index (χ2v) is 5.27. The molecule has 0 saturated heterocycles. The van der Waals surface area contributed by atoms with E-state index in [-0.39, 0.29) is 18.3 Å². The predicted molar refractivity (Wildman–Crippen MR) is 83.4 cm³/mol. The number of hydrogen-bond donors (Lipinski definition) is 2. The molecular formula is C15H25ClN2O. The number of rotatable bonds is 6. The minimum Gasteiger partial charge on any atom is -0.399 e. The van der Waals surface area contributed by atoms with Crippen LogP contribution in [0.1, 0.15) is 32.8 Å². The van der Waals surface area contributed by atoms with E-state index in [1.807, 2.05) is 24.3 Å². The van der Waals surface area contributed by atoms with Crippen molar-refractivity contribution < 1.29 is 4.79 Å². The van der Waals surface area contributed by atoms with Gasteiger partial charge in [-0.1, -0.05) is 32.9 Å². The third-order valence-electron chi connectivity index (χ3n) is 3.36. The van der Waals surface area contributed by atoms with Gasteiger partial charge in [0, 0.05) is 18.7 Å². The molecule has 3 nitrogen and oxygen atoms in total. The Morgan fingerprint density at radius 1 is 1.21 bits per heavy atom. The summed E-state index contributed by atoms with van der Waals surface area (Å²) in [5.74, 6) is 1.13. The Morgan fingerprint density at radius 3 is 2.32 bits per heavy atom. The Morgan fingerprint density at radius 2 is 1.79 bits per heavy atom. The second kappa shape index (κ2) is 8.81. The van der Waals surface area contributed by atoms with Gasteiger partial charge in [-0.3, -0.25) is 4.79 Å². The molecule has 0 aliphatic carbocycles. The van der Waals surface area contributed by atoms with Crippen LogP contribution in [0.2, 0.25) is 0 Å². The molecular weight excluding hydrogens is 260 g/mol. The molecule has 0 aliphatic heterocycles. The van der Waals surface area contributed by atoms with Crippen LogP contribution in [0.25, 0.3) is 0 Å². The number of nitrogens with two attached hydrogens (primary N) is 1. The van der Waals surface area contributed by atoms with Gasteiger partial charge in [0.05, 0.1) is 0 Å².